The first-order chi connectivity index (χ1) is 7.99. The molecule has 0 amide bonds. The lowest BCUT2D eigenvalue weighted by Crippen LogP contribution is -2.20. The Hall–Kier alpha value is -1.46. The summed E-state index contributed by atoms with van der Waals surface area (Å²) in [5.41, 5.74) is 7.10. The molecule has 1 heterocycles. The van der Waals surface area contributed by atoms with Crippen molar-refractivity contribution in [1.29, 1.82) is 0 Å². The van der Waals surface area contributed by atoms with Crippen LogP contribution in [0.3, 0.4) is 0 Å². The summed E-state index contributed by atoms with van der Waals surface area (Å²) in [7, 11) is 0. The zero-order chi connectivity index (χ0) is 12.6. The number of nitrogens with zero attached hydrogens (tertiary/aromatic N) is 1. The van der Waals surface area contributed by atoms with Crippen molar-refractivity contribution in [2.75, 3.05) is 0 Å². The minimum absolute atomic E-state index is 0.379. The van der Waals surface area contributed by atoms with Crippen LogP contribution in [0.15, 0.2) is 18.2 Å². The van der Waals surface area contributed by atoms with Crippen LogP contribution < -0.4 is 5.73 Å². The summed E-state index contributed by atoms with van der Waals surface area (Å²) in [6.45, 7) is 4.17. The maximum atomic E-state index is 10.8. The van der Waals surface area contributed by atoms with Gasteiger partial charge < -0.3 is 10.8 Å². The summed E-state index contributed by atoms with van der Waals surface area (Å²) in [5.74, 6) is -0.637. The quantitative estimate of drug-likeness (QED) is 0.877. The van der Waals surface area contributed by atoms with Gasteiger partial charge in [0.05, 0.1) is 15.2 Å². The first kappa shape index (κ1) is 12.0. The van der Waals surface area contributed by atoms with E-state index in [0.717, 1.165) is 15.2 Å². The second-order valence-corrected chi connectivity index (χ2v) is 5.31. The van der Waals surface area contributed by atoms with Crippen molar-refractivity contribution in [3.63, 3.8) is 0 Å². The number of aromatic nitrogens is 1. The van der Waals surface area contributed by atoms with Crippen molar-refractivity contribution in [2.45, 2.75) is 25.8 Å². The number of hydrogen-bond donors (Lipinski definition) is 2. The Balaban J connectivity index is 2.46. The van der Waals surface area contributed by atoms with Gasteiger partial charge in [-0.05, 0) is 17.7 Å². The Bertz CT molecular complexity index is 563. The molecule has 4 nitrogen and oxygen atoms in total. The predicted molar refractivity (Wildman–Crippen MR) is 68.3 cm³/mol. The number of rotatable bonds is 3. The van der Waals surface area contributed by atoms with Gasteiger partial charge in [-0.15, -0.1) is 11.3 Å². The van der Waals surface area contributed by atoms with Crippen LogP contribution in [-0.2, 0) is 4.79 Å². The molecule has 5 heteroatoms. The molecule has 90 valence electrons. The van der Waals surface area contributed by atoms with Crippen LogP contribution >= 0.6 is 11.3 Å². The van der Waals surface area contributed by atoms with Crippen LogP contribution in [0, 0.1) is 0 Å². The standard InChI is InChI=1S/C12H14N2O2S/c1-6(2)11-14-8-4-3-7(5-9(8)17-11)10(13)12(15)16/h3-6,10H,13H2,1-2H3,(H,15,16). The van der Waals surface area contributed by atoms with Crippen LogP contribution in [-0.4, -0.2) is 16.1 Å². The molecule has 0 radical (unpaired) electrons. The highest BCUT2D eigenvalue weighted by Gasteiger charge is 2.15. The lowest BCUT2D eigenvalue weighted by atomic mass is 10.1. The topological polar surface area (TPSA) is 76.2 Å². The van der Waals surface area contributed by atoms with Crippen LogP contribution in [0.4, 0.5) is 0 Å². The number of benzene rings is 1. The number of aliphatic carboxylic acids is 1. The van der Waals surface area contributed by atoms with Gasteiger partial charge in [0, 0.05) is 5.92 Å². The summed E-state index contributed by atoms with van der Waals surface area (Å²) in [6.07, 6.45) is 0. The molecule has 1 aromatic heterocycles. The first-order valence-electron chi connectivity index (χ1n) is 5.38. The van der Waals surface area contributed by atoms with E-state index >= 15 is 0 Å². The van der Waals surface area contributed by atoms with Gasteiger partial charge in [0.25, 0.3) is 0 Å². The molecule has 1 unspecified atom stereocenters. The van der Waals surface area contributed by atoms with E-state index in [4.69, 9.17) is 10.8 Å². The lowest BCUT2D eigenvalue weighted by Gasteiger charge is -2.05. The molecule has 2 rings (SSSR count). The van der Waals surface area contributed by atoms with Gasteiger partial charge in [-0.25, -0.2) is 4.98 Å². The van der Waals surface area contributed by atoms with Crippen molar-refractivity contribution >= 4 is 27.5 Å². The third kappa shape index (κ3) is 2.30. The van der Waals surface area contributed by atoms with E-state index in [0.29, 0.717) is 11.5 Å². The predicted octanol–water partition coefficient (Wildman–Crippen LogP) is 2.50. The van der Waals surface area contributed by atoms with Gasteiger partial charge in [0.15, 0.2) is 0 Å². The van der Waals surface area contributed by atoms with E-state index in [2.05, 4.69) is 18.8 Å². The second kappa shape index (κ2) is 4.43. The fourth-order valence-corrected chi connectivity index (χ4v) is 2.56. The fourth-order valence-electron chi connectivity index (χ4n) is 1.54. The molecular formula is C12H14N2O2S. The number of fused-ring (bicyclic) bond motifs is 1. The van der Waals surface area contributed by atoms with Gasteiger partial charge in [-0.1, -0.05) is 19.9 Å². The highest BCUT2D eigenvalue weighted by atomic mass is 32.1. The van der Waals surface area contributed by atoms with Gasteiger partial charge in [-0.3, -0.25) is 4.79 Å². The zero-order valence-corrected chi connectivity index (χ0v) is 10.5. The number of nitrogens with two attached hydrogens (primary N) is 1. The number of hydrogen-bond acceptors (Lipinski definition) is 4. The van der Waals surface area contributed by atoms with Crippen molar-refractivity contribution in [3.05, 3.63) is 28.8 Å². The number of carbonyl (C=O) groups is 1. The lowest BCUT2D eigenvalue weighted by molar-refractivity contribution is -0.138. The van der Waals surface area contributed by atoms with E-state index in [1.54, 1.807) is 17.4 Å². The van der Waals surface area contributed by atoms with Crippen molar-refractivity contribution in [1.82, 2.24) is 4.98 Å². The summed E-state index contributed by atoms with van der Waals surface area (Å²) in [4.78, 5) is 15.3. The Morgan fingerprint density at radius 1 is 1.47 bits per heavy atom. The summed E-state index contributed by atoms with van der Waals surface area (Å²) in [6, 6.07) is 4.40. The molecule has 0 bridgehead atoms. The van der Waals surface area contributed by atoms with Gasteiger partial charge in [-0.2, -0.15) is 0 Å². The monoisotopic (exact) mass is 250 g/mol. The van der Waals surface area contributed by atoms with Gasteiger partial charge in [0.1, 0.15) is 6.04 Å². The summed E-state index contributed by atoms with van der Waals surface area (Å²) >= 11 is 1.59. The van der Waals surface area contributed by atoms with Crippen molar-refractivity contribution in [2.24, 2.45) is 5.73 Å². The van der Waals surface area contributed by atoms with E-state index in [9.17, 15) is 4.79 Å². The molecule has 0 saturated heterocycles. The molecule has 0 fully saturated rings. The van der Waals surface area contributed by atoms with Crippen LogP contribution in [0.25, 0.3) is 10.2 Å². The third-order valence-corrected chi connectivity index (χ3v) is 3.87. The molecular weight excluding hydrogens is 236 g/mol. The molecule has 0 aliphatic heterocycles. The number of carboxylic acid groups (broad SMARTS) is 1. The Morgan fingerprint density at radius 2 is 2.18 bits per heavy atom. The minimum Gasteiger partial charge on any atom is -0.480 e. The Labute approximate surface area is 103 Å². The fraction of sp³-hybridized carbons (Fsp3) is 0.333. The average molecular weight is 250 g/mol. The van der Waals surface area contributed by atoms with Crippen LogP contribution in [0.2, 0.25) is 0 Å². The molecule has 3 N–H and O–H groups in total. The second-order valence-electron chi connectivity index (χ2n) is 4.25. The molecule has 0 aliphatic carbocycles. The summed E-state index contributed by atoms with van der Waals surface area (Å²) < 4.78 is 0.989. The van der Waals surface area contributed by atoms with Crippen LogP contribution in [0.5, 0.6) is 0 Å². The normalized spacial score (nSPS) is 13.2. The number of thiazole rings is 1. The van der Waals surface area contributed by atoms with Gasteiger partial charge in [0.2, 0.25) is 0 Å². The third-order valence-electron chi connectivity index (χ3n) is 2.55. The maximum absolute atomic E-state index is 10.8. The molecule has 1 atom stereocenters. The number of carboxylic acids is 1. The maximum Gasteiger partial charge on any atom is 0.325 e. The largest absolute Gasteiger partial charge is 0.480 e. The van der Waals surface area contributed by atoms with Crippen molar-refractivity contribution < 1.29 is 9.90 Å². The first-order valence-corrected chi connectivity index (χ1v) is 6.19. The highest BCUT2D eigenvalue weighted by Crippen LogP contribution is 2.29. The molecule has 2 aromatic rings. The molecule has 0 spiro atoms. The molecule has 17 heavy (non-hydrogen) atoms. The molecule has 1 aromatic carbocycles. The Kier molecular flexibility index (Phi) is 3.13. The highest BCUT2D eigenvalue weighted by molar-refractivity contribution is 7.18. The van der Waals surface area contributed by atoms with Crippen molar-refractivity contribution in [3.8, 4) is 0 Å². The van der Waals surface area contributed by atoms with E-state index in [1.807, 2.05) is 12.1 Å². The van der Waals surface area contributed by atoms with E-state index < -0.39 is 12.0 Å². The van der Waals surface area contributed by atoms with E-state index in [1.165, 1.54) is 0 Å². The molecule has 0 saturated carbocycles. The van der Waals surface area contributed by atoms with Gasteiger partial charge >= 0.3 is 5.97 Å². The average Bonchev–Trinajstić information content (AvgIpc) is 2.70. The molecule has 0 aliphatic rings. The smallest absolute Gasteiger partial charge is 0.325 e. The summed E-state index contributed by atoms with van der Waals surface area (Å²) in [5, 5.41) is 9.92. The van der Waals surface area contributed by atoms with E-state index in [-0.39, 0.29) is 0 Å². The minimum atomic E-state index is -1.02. The zero-order valence-electron chi connectivity index (χ0n) is 9.68. The SMILES string of the molecule is CC(C)c1nc2ccc(C(N)C(=O)O)cc2s1. The van der Waals surface area contributed by atoms with Crippen LogP contribution in [0.1, 0.15) is 36.4 Å². The Morgan fingerprint density at radius 3 is 2.76 bits per heavy atom.